The van der Waals surface area contributed by atoms with E-state index in [1.165, 1.54) is 4.90 Å². The van der Waals surface area contributed by atoms with Gasteiger partial charge in [-0.2, -0.15) is 13.2 Å². The van der Waals surface area contributed by atoms with Gasteiger partial charge in [0, 0.05) is 32.6 Å². The molecule has 0 N–H and O–H groups in total. The predicted molar refractivity (Wildman–Crippen MR) is 67.8 cm³/mol. The van der Waals surface area contributed by atoms with Gasteiger partial charge >= 0.3 is 6.18 Å². The SMILES string of the molecule is CC(C)CCC(=O)N1CCCN(CC(F)(F)F)CC1. The van der Waals surface area contributed by atoms with Crippen LogP contribution in [-0.4, -0.2) is 54.6 Å². The lowest BCUT2D eigenvalue weighted by molar-refractivity contribution is -0.145. The normalized spacial score (nSPS) is 18.7. The molecule has 0 saturated carbocycles. The largest absolute Gasteiger partial charge is 0.401 e. The smallest absolute Gasteiger partial charge is 0.341 e. The number of hydrogen-bond donors (Lipinski definition) is 0. The van der Waals surface area contributed by atoms with Gasteiger partial charge in [-0.15, -0.1) is 0 Å². The summed E-state index contributed by atoms with van der Waals surface area (Å²) in [7, 11) is 0. The first-order valence-corrected chi connectivity index (χ1v) is 6.85. The number of alkyl halides is 3. The summed E-state index contributed by atoms with van der Waals surface area (Å²) in [6.45, 7) is 4.95. The van der Waals surface area contributed by atoms with Gasteiger partial charge in [-0.25, -0.2) is 0 Å². The van der Waals surface area contributed by atoms with Crippen molar-refractivity contribution in [3.8, 4) is 0 Å². The van der Waals surface area contributed by atoms with Gasteiger partial charge < -0.3 is 4.90 Å². The summed E-state index contributed by atoms with van der Waals surface area (Å²) in [5.41, 5.74) is 0. The summed E-state index contributed by atoms with van der Waals surface area (Å²) < 4.78 is 36.9. The van der Waals surface area contributed by atoms with Gasteiger partial charge in [0.05, 0.1) is 6.54 Å². The third kappa shape index (κ3) is 6.80. The van der Waals surface area contributed by atoms with Crippen LogP contribution in [0.15, 0.2) is 0 Å². The molecule has 0 spiro atoms. The average molecular weight is 280 g/mol. The Kier molecular flexibility index (Phi) is 6.10. The molecule has 112 valence electrons. The fourth-order valence-corrected chi connectivity index (χ4v) is 2.20. The molecule has 0 bridgehead atoms. The van der Waals surface area contributed by atoms with E-state index in [1.807, 2.05) is 0 Å². The Bertz CT molecular complexity index is 292. The van der Waals surface area contributed by atoms with Crippen molar-refractivity contribution in [3.05, 3.63) is 0 Å². The summed E-state index contributed by atoms with van der Waals surface area (Å²) in [5.74, 6) is 0.542. The highest BCUT2D eigenvalue weighted by atomic mass is 19.4. The first kappa shape index (κ1) is 16.3. The van der Waals surface area contributed by atoms with Crippen molar-refractivity contribution in [3.63, 3.8) is 0 Å². The monoisotopic (exact) mass is 280 g/mol. The summed E-state index contributed by atoms with van der Waals surface area (Å²) >= 11 is 0. The quantitative estimate of drug-likeness (QED) is 0.790. The van der Waals surface area contributed by atoms with E-state index >= 15 is 0 Å². The van der Waals surface area contributed by atoms with Crippen LogP contribution in [0.3, 0.4) is 0 Å². The zero-order valence-corrected chi connectivity index (χ0v) is 11.7. The van der Waals surface area contributed by atoms with Crippen molar-refractivity contribution < 1.29 is 18.0 Å². The van der Waals surface area contributed by atoms with Crippen molar-refractivity contribution in [2.45, 2.75) is 39.3 Å². The Labute approximate surface area is 112 Å². The van der Waals surface area contributed by atoms with Crippen LogP contribution in [0, 0.1) is 5.92 Å². The van der Waals surface area contributed by atoms with Gasteiger partial charge in [0.2, 0.25) is 5.91 Å². The van der Waals surface area contributed by atoms with Gasteiger partial charge in [-0.1, -0.05) is 13.8 Å². The second-order valence-corrected chi connectivity index (χ2v) is 5.56. The van der Waals surface area contributed by atoms with Crippen LogP contribution in [0.25, 0.3) is 0 Å². The Morgan fingerprint density at radius 2 is 1.84 bits per heavy atom. The van der Waals surface area contributed by atoms with E-state index in [0.717, 1.165) is 6.42 Å². The fourth-order valence-electron chi connectivity index (χ4n) is 2.20. The molecule has 6 heteroatoms. The van der Waals surface area contributed by atoms with Crippen LogP contribution in [-0.2, 0) is 4.79 Å². The minimum atomic E-state index is -4.16. The van der Waals surface area contributed by atoms with Crippen LogP contribution in [0.4, 0.5) is 13.2 Å². The third-order valence-electron chi connectivity index (χ3n) is 3.28. The highest BCUT2D eigenvalue weighted by molar-refractivity contribution is 5.76. The van der Waals surface area contributed by atoms with Crippen molar-refractivity contribution in [1.82, 2.24) is 9.80 Å². The Morgan fingerprint density at radius 3 is 2.42 bits per heavy atom. The highest BCUT2D eigenvalue weighted by Gasteiger charge is 2.31. The van der Waals surface area contributed by atoms with Crippen LogP contribution >= 0.6 is 0 Å². The minimum absolute atomic E-state index is 0.0718. The van der Waals surface area contributed by atoms with Crippen LogP contribution in [0.5, 0.6) is 0 Å². The first-order valence-electron chi connectivity index (χ1n) is 6.85. The Hall–Kier alpha value is -0.780. The Morgan fingerprint density at radius 1 is 1.16 bits per heavy atom. The number of carbonyl (C=O) groups is 1. The lowest BCUT2D eigenvalue weighted by atomic mass is 10.1. The molecule has 0 aromatic heterocycles. The molecule has 0 aliphatic carbocycles. The summed E-state index contributed by atoms with van der Waals surface area (Å²) in [4.78, 5) is 15.0. The molecule has 1 aliphatic rings. The van der Waals surface area contributed by atoms with Crippen LogP contribution < -0.4 is 0 Å². The van der Waals surface area contributed by atoms with Gasteiger partial charge in [-0.05, 0) is 18.8 Å². The second kappa shape index (κ2) is 7.12. The predicted octanol–water partition coefficient (Wildman–Crippen LogP) is 2.52. The fraction of sp³-hybridized carbons (Fsp3) is 0.923. The molecule has 0 unspecified atom stereocenters. The standard InChI is InChI=1S/C13H23F3N2O/c1-11(2)4-5-12(19)18-7-3-6-17(8-9-18)10-13(14,15)16/h11H,3-10H2,1-2H3. The van der Waals surface area contributed by atoms with Gasteiger partial charge in [0.1, 0.15) is 0 Å². The average Bonchev–Trinajstić information content (AvgIpc) is 2.49. The van der Waals surface area contributed by atoms with Crippen molar-refractivity contribution in [2.75, 3.05) is 32.7 Å². The van der Waals surface area contributed by atoms with Crippen molar-refractivity contribution >= 4 is 5.91 Å². The van der Waals surface area contributed by atoms with E-state index in [0.29, 0.717) is 44.9 Å². The number of halogens is 3. The lowest BCUT2D eigenvalue weighted by Gasteiger charge is -2.23. The maximum Gasteiger partial charge on any atom is 0.401 e. The molecular formula is C13H23F3N2O. The molecule has 1 saturated heterocycles. The van der Waals surface area contributed by atoms with E-state index in [4.69, 9.17) is 0 Å². The van der Waals surface area contributed by atoms with Gasteiger partial charge in [0.25, 0.3) is 0 Å². The topological polar surface area (TPSA) is 23.6 Å². The maximum atomic E-state index is 12.3. The molecule has 3 nitrogen and oxygen atoms in total. The molecule has 1 amide bonds. The highest BCUT2D eigenvalue weighted by Crippen LogP contribution is 2.18. The number of hydrogen-bond acceptors (Lipinski definition) is 2. The zero-order chi connectivity index (χ0) is 14.5. The molecule has 1 rings (SSSR count). The maximum absolute atomic E-state index is 12.3. The van der Waals surface area contributed by atoms with Gasteiger partial charge in [-0.3, -0.25) is 9.69 Å². The first-order chi connectivity index (χ1) is 8.78. The molecule has 0 aromatic carbocycles. The van der Waals surface area contributed by atoms with E-state index in [-0.39, 0.29) is 5.91 Å². The Balaban J connectivity index is 2.39. The summed E-state index contributed by atoms with van der Waals surface area (Å²) in [5, 5.41) is 0. The number of nitrogens with zero attached hydrogens (tertiary/aromatic N) is 2. The van der Waals surface area contributed by atoms with Crippen LogP contribution in [0.2, 0.25) is 0 Å². The molecule has 1 aliphatic heterocycles. The second-order valence-electron chi connectivity index (χ2n) is 5.56. The van der Waals surface area contributed by atoms with E-state index in [2.05, 4.69) is 13.8 Å². The number of rotatable bonds is 4. The lowest BCUT2D eigenvalue weighted by Crippen LogP contribution is -2.38. The van der Waals surface area contributed by atoms with Crippen molar-refractivity contribution in [1.29, 1.82) is 0 Å². The van der Waals surface area contributed by atoms with E-state index in [9.17, 15) is 18.0 Å². The molecule has 19 heavy (non-hydrogen) atoms. The molecule has 0 radical (unpaired) electrons. The van der Waals surface area contributed by atoms with E-state index in [1.54, 1.807) is 4.90 Å². The third-order valence-corrected chi connectivity index (χ3v) is 3.28. The number of carbonyl (C=O) groups excluding carboxylic acids is 1. The van der Waals surface area contributed by atoms with Crippen molar-refractivity contribution in [2.24, 2.45) is 5.92 Å². The molecular weight excluding hydrogens is 257 g/mol. The summed E-state index contributed by atoms with van der Waals surface area (Å²) in [6, 6.07) is 0. The zero-order valence-electron chi connectivity index (χ0n) is 11.7. The molecule has 1 fully saturated rings. The molecule has 0 atom stereocenters. The van der Waals surface area contributed by atoms with E-state index < -0.39 is 12.7 Å². The molecule has 1 heterocycles. The number of amides is 1. The summed E-state index contributed by atoms with van der Waals surface area (Å²) in [6.07, 6.45) is -2.21. The molecule has 0 aromatic rings. The minimum Gasteiger partial charge on any atom is -0.341 e. The van der Waals surface area contributed by atoms with Gasteiger partial charge in [0.15, 0.2) is 0 Å². The van der Waals surface area contributed by atoms with Crippen LogP contribution in [0.1, 0.15) is 33.1 Å².